The van der Waals surface area contributed by atoms with Gasteiger partial charge in [-0.3, -0.25) is 14.4 Å². The number of nitrogens with one attached hydrogen (secondary N) is 3. The number of fused-ring (bicyclic) bond motifs is 1. The second kappa shape index (κ2) is 13.1. The van der Waals surface area contributed by atoms with E-state index in [9.17, 15) is 23.9 Å². The number of phenols is 1. The summed E-state index contributed by atoms with van der Waals surface area (Å²) in [6.07, 6.45) is 2.88. The molecule has 1 heterocycles. The van der Waals surface area contributed by atoms with E-state index < -0.39 is 24.0 Å². The van der Waals surface area contributed by atoms with Crippen molar-refractivity contribution in [1.29, 1.82) is 0 Å². The molecule has 3 amide bonds. The number of rotatable bonds is 3. The molecular formula is C30H39FN4O5. The van der Waals surface area contributed by atoms with Crippen molar-refractivity contribution in [3.05, 3.63) is 59.4 Å². The van der Waals surface area contributed by atoms with Crippen LogP contribution in [0.25, 0.3) is 0 Å². The van der Waals surface area contributed by atoms with Gasteiger partial charge in [-0.1, -0.05) is 12.1 Å². The average molecular weight is 555 g/mol. The van der Waals surface area contributed by atoms with E-state index in [-0.39, 0.29) is 41.8 Å². The SMILES string of the molecule is CC1CNC(C2CC2)C(=O)N(C)C(C)C(=O)NC(Cc2ccc(F)cc2)C(=O)NCCCc2cc(O)ccc2O1. The number of hydrogen-bond acceptors (Lipinski definition) is 6. The Morgan fingerprint density at radius 3 is 2.48 bits per heavy atom. The fourth-order valence-corrected chi connectivity index (χ4v) is 4.87. The fourth-order valence-electron chi connectivity index (χ4n) is 4.87. The molecule has 1 saturated carbocycles. The van der Waals surface area contributed by atoms with Gasteiger partial charge in [-0.05, 0) is 86.9 Å². The monoisotopic (exact) mass is 554 g/mol. The number of halogens is 1. The van der Waals surface area contributed by atoms with Crippen LogP contribution < -0.4 is 20.7 Å². The molecule has 1 aliphatic heterocycles. The largest absolute Gasteiger partial charge is 0.508 e. The molecule has 2 aliphatic rings. The maximum atomic E-state index is 13.5. The van der Waals surface area contributed by atoms with E-state index in [1.54, 1.807) is 44.3 Å². The van der Waals surface area contributed by atoms with Crippen LogP contribution in [0.3, 0.4) is 0 Å². The third-order valence-electron chi connectivity index (χ3n) is 7.57. The molecule has 2 aromatic rings. The van der Waals surface area contributed by atoms with Crippen LogP contribution in [-0.2, 0) is 27.2 Å². The Morgan fingerprint density at radius 2 is 1.77 bits per heavy atom. The van der Waals surface area contributed by atoms with Gasteiger partial charge in [0.2, 0.25) is 17.7 Å². The highest BCUT2D eigenvalue weighted by Crippen LogP contribution is 2.34. The molecule has 1 fully saturated rings. The van der Waals surface area contributed by atoms with Gasteiger partial charge in [-0.25, -0.2) is 4.39 Å². The number of aryl methyl sites for hydroxylation is 1. The molecular weight excluding hydrogens is 515 g/mol. The van der Waals surface area contributed by atoms with Gasteiger partial charge in [0.25, 0.3) is 0 Å². The number of likely N-dealkylation sites (N-methyl/N-ethyl adjacent to an activating group) is 1. The summed E-state index contributed by atoms with van der Waals surface area (Å²) < 4.78 is 19.6. The topological polar surface area (TPSA) is 120 Å². The molecule has 1 aliphatic carbocycles. The van der Waals surface area contributed by atoms with Gasteiger partial charge in [0, 0.05) is 26.6 Å². The molecule has 4 atom stereocenters. The molecule has 40 heavy (non-hydrogen) atoms. The second-order valence-electron chi connectivity index (χ2n) is 10.9. The molecule has 0 saturated heterocycles. The highest BCUT2D eigenvalue weighted by atomic mass is 19.1. The number of phenolic OH excluding ortho intramolecular Hbond substituents is 1. The van der Waals surface area contributed by atoms with Crippen LogP contribution in [-0.4, -0.2) is 72.1 Å². The lowest BCUT2D eigenvalue weighted by molar-refractivity contribution is -0.141. The van der Waals surface area contributed by atoms with Crippen LogP contribution in [0.2, 0.25) is 0 Å². The number of amides is 3. The van der Waals surface area contributed by atoms with E-state index in [4.69, 9.17) is 4.74 Å². The van der Waals surface area contributed by atoms with Crippen molar-refractivity contribution >= 4 is 17.7 Å². The first-order valence-electron chi connectivity index (χ1n) is 13.9. The Labute approximate surface area is 234 Å². The molecule has 216 valence electrons. The number of carbonyl (C=O) groups is 3. The van der Waals surface area contributed by atoms with Crippen molar-refractivity contribution in [2.45, 2.75) is 70.2 Å². The maximum absolute atomic E-state index is 13.5. The molecule has 4 N–H and O–H groups in total. The van der Waals surface area contributed by atoms with Crippen molar-refractivity contribution in [1.82, 2.24) is 20.9 Å². The minimum atomic E-state index is -0.916. The number of aromatic hydroxyl groups is 1. The van der Waals surface area contributed by atoms with Gasteiger partial charge in [-0.15, -0.1) is 0 Å². The summed E-state index contributed by atoms with van der Waals surface area (Å²) in [5.74, 6) is -0.459. The quantitative estimate of drug-likeness (QED) is 0.462. The number of benzene rings is 2. The van der Waals surface area contributed by atoms with Crippen molar-refractivity contribution in [3.63, 3.8) is 0 Å². The maximum Gasteiger partial charge on any atom is 0.243 e. The summed E-state index contributed by atoms with van der Waals surface area (Å²) in [5.41, 5.74) is 1.50. The third-order valence-corrected chi connectivity index (χ3v) is 7.57. The molecule has 0 bridgehead atoms. The van der Waals surface area contributed by atoms with E-state index in [1.165, 1.54) is 17.0 Å². The molecule has 0 radical (unpaired) electrons. The number of carbonyl (C=O) groups excluding carboxylic acids is 3. The highest BCUT2D eigenvalue weighted by Gasteiger charge is 2.39. The normalized spacial score (nSPS) is 25.6. The standard InChI is InChI=1S/C30H39FN4O5/c1-18-17-33-27(21-8-9-21)30(39)35(3)19(2)28(37)34-25(15-20-6-10-23(31)11-7-20)29(38)32-14-4-5-22-16-24(36)12-13-26(22)40-18/h6-7,10-13,16,18-19,21,25,27,33,36H,4-5,8-9,14-15,17H2,1-3H3,(H,32,38)(H,34,37). The Bertz CT molecular complexity index is 1200. The zero-order chi connectivity index (χ0) is 28.8. The van der Waals surface area contributed by atoms with Gasteiger partial charge in [0.15, 0.2) is 0 Å². The molecule has 10 heteroatoms. The van der Waals surface area contributed by atoms with E-state index in [0.717, 1.165) is 18.4 Å². The molecule has 2 aromatic carbocycles. The van der Waals surface area contributed by atoms with Crippen molar-refractivity contribution in [2.75, 3.05) is 20.1 Å². The van der Waals surface area contributed by atoms with Crippen LogP contribution in [0.1, 0.15) is 44.2 Å². The summed E-state index contributed by atoms with van der Waals surface area (Å²) in [5, 5.41) is 19.1. The van der Waals surface area contributed by atoms with Crippen molar-refractivity contribution < 1.29 is 28.6 Å². The van der Waals surface area contributed by atoms with E-state index in [2.05, 4.69) is 16.0 Å². The fraction of sp³-hybridized carbons (Fsp3) is 0.500. The molecule has 0 aromatic heterocycles. The summed E-state index contributed by atoms with van der Waals surface area (Å²) in [6.45, 7) is 4.31. The lowest BCUT2D eigenvalue weighted by atomic mass is 10.0. The number of nitrogens with zero attached hydrogens (tertiary/aromatic N) is 1. The first-order valence-corrected chi connectivity index (χ1v) is 13.9. The number of hydrogen-bond donors (Lipinski definition) is 4. The summed E-state index contributed by atoms with van der Waals surface area (Å²) in [6, 6.07) is 8.55. The van der Waals surface area contributed by atoms with Gasteiger partial charge in [0.1, 0.15) is 35.5 Å². The predicted molar refractivity (Wildman–Crippen MR) is 148 cm³/mol. The molecule has 4 unspecified atom stereocenters. The van der Waals surface area contributed by atoms with Crippen LogP contribution in [0.4, 0.5) is 4.39 Å². The van der Waals surface area contributed by atoms with E-state index in [1.807, 2.05) is 6.92 Å². The second-order valence-corrected chi connectivity index (χ2v) is 10.9. The third kappa shape index (κ3) is 7.71. The zero-order valence-corrected chi connectivity index (χ0v) is 23.3. The van der Waals surface area contributed by atoms with Gasteiger partial charge >= 0.3 is 0 Å². The first kappa shape index (κ1) is 29.3. The Hall–Kier alpha value is -3.66. The lowest BCUT2D eigenvalue weighted by Crippen LogP contribution is -2.57. The summed E-state index contributed by atoms with van der Waals surface area (Å²) >= 11 is 0. The first-order chi connectivity index (χ1) is 19.1. The zero-order valence-electron chi connectivity index (χ0n) is 23.3. The van der Waals surface area contributed by atoms with Gasteiger partial charge < -0.3 is 30.7 Å². The van der Waals surface area contributed by atoms with Crippen molar-refractivity contribution in [3.8, 4) is 11.5 Å². The molecule has 4 rings (SSSR count). The van der Waals surface area contributed by atoms with Crippen LogP contribution in [0.15, 0.2) is 42.5 Å². The number of ether oxygens (including phenoxy) is 1. The molecule has 9 nitrogen and oxygen atoms in total. The van der Waals surface area contributed by atoms with Gasteiger partial charge in [0.05, 0.1) is 6.04 Å². The molecule has 0 spiro atoms. The predicted octanol–water partition coefficient (Wildman–Crippen LogP) is 2.30. The van der Waals surface area contributed by atoms with Gasteiger partial charge in [-0.2, -0.15) is 0 Å². The minimum absolute atomic E-state index is 0.123. The Kier molecular flexibility index (Phi) is 9.63. The minimum Gasteiger partial charge on any atom is -0.508 e. The summed E-state index contributed by atoms with van der Waals surface area (Å²) in [4.78, 5) is 41.4. The Morgan fingerprint density at radius 1 is 1.05 bits per heavy atom. The Balaban J connectivity index is 1.58. The van der Waals surface area contributed by atoms with Crippen LogP contribution in [0, 0.1) is 11.7 Å². The smallest absolute Gasteiger partial charge is 0.243 e. The van der Waals surface area contributed by atoms with Crippen LogP contribution >= 0.6 is 0 Å². The summed E-state index contributed by atoms with van der Waals surface area (Å²) in [7, 11) is 1.60. The average Bonchev–Trinajstić information content (AvgIpc) is 3.77. The highest BCUT2D eigenvalue weighted by molar-refractivity contribution is 5.93. The van der Waals surface area contributed by atoms with E-state index >= 15 is 0 Å². The lowest BCUT2D eigenvalue weighted by Gasteiger charge is -2.31. The van der Waals surface area contributed by atoms with Crippen LogP contribution in [0.5, 0.6) is 11.5 Å². The van der Waals surface area contributed by atoms with Crippen molar-refractivity contribution in [2.24, 2.45) is 5.92 Å². The van der Waals surface area contributed by atoms with E-state index in [0.29, 0.717) is 37.2 Å².